The first-order chi connectivity index (χ1) is 13.4. The number of aryl methyl sites for hydroxylation is 2. The molecular formula is C22H27N3O2S+2. The van der Waals surface area contributed by atoms with E-state index in [0.717, 1.165) is 53.9 Å². The van der Waals surface area contributed by atoms with Crippen LogP contribution in [-0.2, 0) is 9.84 Å². The Morgan fingerprint density at radius 2 is 1.61 bits per heavy atom. The largest absolute Gasteiger partial charge is 0.358 e. The fraction of sp³-hybridized carbons (Fsp3) is 0.318. The molecule has 1 fully saturated rings. The molecule has 146 valence electrons. The Balaban J connectivity index is 1.95. The maximum absolute atomic E-state index is 13.5. The average molecular weight is 398 g/mol. The molecule has 0 saturated carbocycles. The van der Waals surface area contributed by atoms with Crippen LogP contribution in [0.5, 0.6) is 0 Å². The molecule has 0 atom stereocenters. The first-order valence-corrected chi connectivity index (χ1v) is 11.2. The smallest absolute Gasteiger partial charge is 0.214 e. The van der Waals surface area contributed by atoms with E-state index in [4.69, 9.17) is 0 Å². The number of anilines is 1. The van der Waals surface area contributed by atoms with Crippen LogP contribution >= 0.6 is 0 Å². The van der Waals surface area contributed by atoms with Gasteiger partial charge in [-0.2, -0.15) is 0 Å². The summed E-state index contributed by atoms with van der Waals surface area (Å²) in [6.07, 6.45) is 1.66. The van der Waals surface area contributed by atoms with E-state index < -0.39 is 9.84 Å². The topological polar surface area (TPSA) is 56.0 Å². The minimum absolute atomic E-state index is 0.333. The predicted octanol–water partition coefficient (Wildman–Crippen LogP) is 1.44. The number of nitrogens with zero attached hydrogens (tertiary/aromatic N) is 1. The van der Waals surface area contributed by atoms with Crippen molar-refractivity contribution in [2.45, 2.75) is 23.6 Å². The molecule has 0 bridgehead atoms. The summed E-state index contributed by atoms with van der Waals surface area (Å²) in [6, 6.07) is 13.2. The molecule has 5 nitrogen and oxygen atoms in total. The van der Waals surface area contributed by atoms with Gasteiger partial charge in [0.25, 0.3) is 0 Å². The van der Waals surface area contributed by atoms with E-state index in [0.29, 0.717) is 9.79 Å². The number of aromatic amines is 1. The predicted molar refractivity (Wildman–Crippen MR) is 111 cm³/mol. The van der Waals surface area contributed by atoms with Gasteiger partial charge in [0.15, 0.2) is 11.1 Å². The molecular weight excluding hydrogens is 370 g/mol. The number of piperazine rings is 1. The summed E-state index contributed by atoms with van der Waals surface area (Å²) in [5.74, 6) is 0. The molecule has 0 amide bonds. The number of fused-ring (bicyclic) bond motifs is 1. The van der Waals surface area contributed by atoms with Crippen molar-refractivity contribution < 1.29 is 18.3 Å². The third kappa shape index (κ3) is 3.38. The van der Waals surface area contributed by atoms with Crippen molar-refractivity contribution in [1.82, 2.24) is 0 Å². The molecule has 2 heterocycles. The second kappa shape index (κ2) is 7.18. The van der Waals surface area contributed by atoms with Crippen molar-refractivity contribution in [2.24, 2.45) is 0 Å². The number of rotatable bonds is 3. The molecule has 0 radical (unpaired) electrons. The van der Waals surface area contributed by atoms with E-state index in [9.17, 15) is 8.42 Å². The summed E-state index contributed by atoms with van der Waals surface area (Å²) in [6.45, 7) is 7.68. The molecule has 1 aliphatic rings. The van der Waals surface area contributed by atoms with E-state index in [-0.39, 0.29) is 0 Å². The number of sulfone groups is 1. The standard InChI is InChI=1S/C22H25N3O2S/c1-16-4-7-18(8-5-16)28(26,27)21-15-23-20-9-6-17(2)14-19(20)22(21)25-12-10-24(3)11-13-25/h4-9,14-15H,10-13H2,1-3H3/p+2. The number of hydrogen-bond acceptors (Lipinski definition) is 3. The minimum atomic E-state index is -3.63. The number of benzene rings is 2. The minimum Gasteiger partial charge on any atom is -0.358 e. The van der Waals surface area contributed by atoms with E-state index in [1.807, 2.05) is 38.1 Å². The van der Waals surface area contributed by atoms with E-state index in [1.165, 1.54) is 4.90 Å². The van der Waals surface area contributed by atoms with Crippen LogP contribution in [0.3, 0.4) is 0 Å². The van der Waals surface area contributed by atoms with Crippen LogP contribution < -0.4 is 14.8 Å². The molecule has 2 N–H and O–H groups in total. The van der Waals surface area contributed by atoms with E-state index in [2.05, 4.69) is 23.0 Å². The molecule has 0 unspecified atom stereocenters. The van der Waals surface area contributed by atoms with Crippen molar-refractivity contribution in [3.8, 4) is 0 Å². The van der Waals surface area contributed by atoms with Crippen molar-refractivity contribution >= 4 is 26.4 Å². The van der Waals surface area contributed by atoms with Crippen LogP contribution in [-0.4, -0.2) is 41.6 Å². The van der Waals surface area contributed by atoms with Crippen LogP contribution in [0.1, 0.15) is 11.1 Å². The molecule has 4 rings (SSSR count). The SMILES string of the molecule is Cc1ccc(S(=O)(=O)c2c[nH+]c3ccc(C)cc3c2N2CC[NH+](C)CC2)cc1. The lowest BCUT2D eigenvalue weighted by atomic mass is 10.1. The van der Waals surface area contributed by atoms with Crippen molar-refractivity contribution in [2.75, 3.05) is 38.1 Å². The van der Waals surface area contributed by atoms with E-state index in [1.54, 1.807) is 18.3 Å². The molecule has 2 aromatic carbocycles. The second-order valence-corrected chi connectivity index (χ2v) is 9.73. The van der Waals surface area contributed by atoms with E-state index >= 15 is 0 Å². The lowest BCUT2D eigenvalue weighted by Crippen LogP contribution is -3.12. The molecule has 0 aliphatic carbocycles. The molecule has 0 spiro atoms. The van der Waals surface area contributed by atoms with Gasteiger partial charge in [-0.05, 0) is 37.6 Å². The van der Waals surface area contributed by atoms with Crippen LogP contribution in [0, 0.1) is 13.8 Å². The van der Waals surface area contributed by atoms with Gasteiger partial charge >= 0.3 is 0 Å². The molecule has 6 heteroatoms. The van der Waals surface area contributed by atoms with Crippen LogP contribution in [0.2, 0.25) is 0 Å². The number of quaternary nitrogens is 1. The summed E-state index contributed by atoms with van der Waals surface area (Å²) >= 11 is 0. The van der Waals surface area contributed by atoms with Gasteiger partial charge in [0, 0.05) is 6.07 Å². The number of hydrogen-bond donors (Lipinski definition) is 1. The molecule has 3 aromatic rings. The third-order valence-electron chi connectivity index (χ3n) is 5.58. The van der Waals surface area contributed by atoms with Gasteiger partial charge in [0.2, 0.25) is 15.4 Å². The highest BCUT2D eigenvalue weighted by molar-refractivity contribution is 7.91. The monoisotopic (exact) mass is 397 g/mol. The zero-order valence-corrected chi connectivity index (χ0v) is 17.4. The molecule has 1 aliphatic heterocycles. The zero-order chi connectivity index (χ0) is 19.9. The number of likely N-dealkylation sites (N-methyl/N-ethyl adjacent to an activating group) is 1. The summed E-state index contributed by atoms with van der Waals surface area (Å²) in [5.41, 5.74) is 3.94. The van der Waals surface area contributed by atoms with Gasteiger partial charge in [-0.1, -0.05) is 23.8 Å². The fourth-order valence-corrected chi connectivity index (χ4v) is 5.27. The Labute approximate surface area is 166 Å². The highest BCUT2D eigenvalue weighted by atomic mass is 32.2. The highest BCUT2D eigenvalue weighted by Gasteiger charge is 2.31. The summed E-state index contributed by atoms with van der Waals surface area (Å²) in [4.78, 5) is 7.61. The van der Waals surface area contributed by atoms with Gasteiger partial charge in [0.1, 0.15) is 0 Å². The highest BCUT2D eigenvalue weighted by Crippen LogP contribution is 2.35. The zero-order valence-electron chi connectivity index (χ0n) is 16.6. The number of nitrogens with one attached hydrogen (secondary N) is 2. The van der Waals surface area contributed by atoms with Crippen molar-refractivity contribution in [1.29, 1.82) is 0 Å². The molecule has 28 heavy (non-hydrogen) atoms. The fourth-order valence-electron chi connectivity index (χ4n) is 3.81. The Morgan fingerprint density at radius 1 is 0.964 bits per heavy atom. The van der Waals surface area contributed by atoms with Gasteiger partial charge in [0.05, 0.1) is 49.2 Å². The second-order valence-electron chi connectivity index (χ2n) is 7.81. The summed E-state index contributed by atoms with van der Waals surface area (Å²) < 4.78 is 27.1. The maximum Gasteiger partial charge on any atom is 0.214 e. The van der Waals surface area contributed by atoms with Crippen LogP contribution in [0.4, 0.5) is 5.69 Å². The number of aromatic nitrogens is 1. The molecule has 1 saturated heterocycles. The Bertz CT molecular complexity index is 1120. The van der Waals surface area contributed by atoms with Crippen molar-refractivity contribution in [3.63, 3.8) is 0 Å². The summed E-state index contributed by atoms with van der Waals surface area (Å²) in [5, 5.41) is 0.965. The van der Waals surface area contributed by atoms with Crippen LogP contribution in [0.25, 0.3) is 10.9 Å². The van der Waals surface area contributed by atoms with Crippen LogP contribution in [0.15, 0.2) is 58.5 Å². The van der Waals surface area contributed by atoms with Gasteiger partial charge in [-0.15, -0.1) is 0 Å². The number of H-pyrrole nitrogens is 1. The Kier molecular flexibility index (Phi) is 4.85. The Morgan fingerprint density at radius 3 is 2.29 bits per heavy atom. The van der Waals surface area contributed by atoms with Gasteiger partial charge in [-0.3, -0.25) is 0 Å². The molecule has 1 aromatic heterocycles. The maximum atomic E-state index is 13.5. The quantitative estimate of drug-likeness (QED) is 0.728. The first-order valence-electron chi connectivity index (χ1n) is 9.69. The summed E-state index contributed by atoms with van der Waals surface area (Å²) in [7, 11) is -1.45. The first kappa shape index (κ1) is 18.9. The lowest BCUT2D eigenvalue weighted by molar-refractivity contribution is -0.880. The van der Waals surface area contributed by atoms with Gasteiger partial charge in [-0.25, -0.2) is 13.4 Å². The van der Waals surface area contributed by atoms with Gasteiger partial charge < -0.3 is 9.80 Å². The lowest BCUT2D eigenvalue weighted by Gasteiger charge is -2.33. The average Bonchev–Trinajstić information content (AvgIpc) is 2.68. The number of pyridine rings is 1. The normalized spacial score (nSPS) is 15.9. The Hall–Kier alpha value is -2.44. The third-order valence-corrected chi connectivity index (χ3v) is 7.36. The van der Waals surface area contributed by atoms with Crippen molar-refractivity contribution in [3.05, 3.63) is 59.8 Å².